The van der Waals surface area contributed by atoms with E-state index in [1.165, 1.54) is 18.4 Å². The Morgan fingerprint density at radius 3 is 2.61 bits per heavy atom. The minimum absolute atomic E-state index is 0.208. The number of anilines is 1. The Kier molecular flexibility index (Phi) is 5.87. The molecule has 6 nitrogen and oxygen atoms in total. The molecule has 0 atom stereocenters. The third kappa shape index (κ3) is 4.89. The van der Waals surface area contributed by atoms with E-state index < -0.39 is 0 Å². The fraction of sp³-hybridized carbons (Fsp3) is 0.364. The van der Waals surface area contributed by atoms with Gasteiger partial charge >= 0.3 is 6.03 Å². The summed E-state index contributed by atoms with van der Waals surface area (Å²) in [5.74, 6) is 1.16. The number of H-pyrrole nitrogens is 1. The fourth-order valence-corrected chi connectivity index (χ4v) is 3.83. The van der Waals surface area contributed by atoms with Gasteiger partial charge in [0.05, 0.1) is 11.0 Å². The first-order chi connectivity index (χ1) is 13.8. The summed E-state index contributed by atoms with van der Waals surface area (Å²) in [5, 5.41) is 5.73. The summed E-state index contributed by atoms with van der Waals surface area (Å²) < 4.78 is 0. The van der Waals surface area contributed by atoms with Crippen LogP contribution in [0.2, 0.25) is 0 Å². The largest absolute Gasteiger partial charge is 0.338 e. The molecule has 2 amide bonds. The van der Waals surface area contributed by atoms with Crippen molar-refractivity contribution in [1.29, 1.82) is 0 Å². The highest BCUT2D eigenvalue weighted by atomic mass is 16.2. The standard InChI is InChI=1S/C22H27N5O/c28-22(26-21-24-19-8-4-5-9-20(19)25-21)23-13-10-17-11-14-27(15-12-17)16-18-6-2-1-3-7-18/h1-9,17H,10-16H2,(H3,23,24,25,26,28). The van der Waals surface area contributed by atoms with Crippen LogP contribution in [0, 0.1) is 5.92 Å². The van der Waals surface area contributed by atoms with Gasteiger partial charge in [-0.25, -0.2) is 9.78 Å². The number of amides is 2. The predicted octanol–water partition coefficient (Wildman–Crippen LogP) is 3.99. The summed E-state index contributed by atoms with van der Waals surface area (Å²) in [7, 11) is 0. The number of fused-ring (bicyclic) bond motifs is 1. The van der Waals surface area contributed by atoms with Gasteiger partial charge in [0, 0.05) is 13.1 Å². The highest BCUT2D eigenvalue weighted by Gasteiger charge is 2.19. The van der Waals surface area contributed by atoms with Crippen LogP contribution in [-0.2, 0) is 6.54 Å². The highest BCUT2D eigenvalue weighted by Crippen LogP contribution is 2.21. The molecule has 3 N–H and O–H groups in total. The maximum Gasteiger partial charge on any atom is 0.321 e. The second-order valence-corrected chi connectivity index (χ2v) is 7.48. The zero-order valence-electron chi connectivity index (χ0n) is 16.0. The lowest BCUT2D eigenvalue weighted by Crippen LogP contribution is -2.35. The zero-order chi connectivity index (χ0) is 19.2. The van der Waals surface area contributed by atoms with E-state index in [0.29, 0.717) is 18.4 Å². The molecule has 0 unspecified atom stereocenters. The maximum atomic E-state index is 12.1. The number of urea groups is 1. The number of aromatic amines is 1. The molecule has 1 aliphatic heterocycles. The van der Waals surface area contributed by atoms with Gasteiger partial charge in [-0.2, -0.15) is 0 Å². The van der Waals surface area contributed by atoms with Crippen LogP contribution in [0.3, 0.4) is 0 Å². The van der Waals surface area contributed by atoms with Crippen molar-refractivity contribution in [3.05, 3.63) is 60.2 Å². The number of piperidine rings is 1. The van der Waals surface area contributed by atoms with Gasteiger partial charge < -0.3 is 10.3 Å². The Hall–Kier alpha value is -2.86. The average molecular weight is 377 g/mol. The summed E-state index contributed by atoms with van der Waals surface area (Å²) in [5.41, 5.74) is 3.14. The van der Waals surface area contributed by atoms with Crippen molar-refractivity contribution in [2.45, 2.75) is 25.8 Å². The van der Waals surface area contributed by atoms with Gasteiger partial charge in [0.1, 0.15) is 0 Å². The van der Waals surface area contributed by atoms with Crippen molar-refractivity contribution in [3.8, 4) is 0 Å². The molecule has 146 valence electrons. The number of carbonyl (C=O) groups is 1. The summed E-state index contributed by atoms with van der Waals surface area (Å²) in [4.78, 5) is 22.1. The van der Waals surface area contributed by atoms with Crippen molar-refractivity contribution in [2.24, 2.45) is 5.92 Å². The number of hydrogen-bond donors (Lipinski definition) is 3. The van der Waals surface area contributed by atoms with E-state index in [4.69, 9.17) is 0 Å². The Morgan fingerprint density at radius 2 is 1.82 bits per heavy atom. The van der Waals surface area contributed by atoms with Crippen LogP contribution in [-0.4, -0.2) is 40.5 Å². The van der Waals surface area contributed by atoms with Crippen molar-refractivity contribution < 1.29 is 4.79 Å². The number of para-hydroxylation sites is 2. The molecule has 28 heavy (non-hydrogen) atoms. The molecule has 3 aromatic rings. The molecule has 0 saturated carbocycles. The number of rotatable bonds is 6. The first-order valence-electron chi connectivity index (χ1n) is 10.0. The normalized spacial score (nSPS) is 15.6. The molecule has 1 saturated heterocycles. The van der Waals surface area contributed by atoms with Crippen LogP contribution in [0.4, 0.5) is 10.7 Å². The number of nitrogens with one attached hydrogen (secondary N) is 3. The van der Waals surface area contributed by atoms with E-state index >= 15 is 0 Å². The summed E-state index contributed by atoms with van der Waals surface area (Å²) >= 11 is 0. The molecule has 0 bridgehead atoms. The SMILES string of the molecule is O=C(NCCC1CCN(Cc2ccccc2)CC1)Nc1nc2ccccc2[nH]1. The number of aromatic nitrogens is 2. The van der Waals surface area contributed by atoms with Crippen molar-refractivity contribution in [2.75, 3.05) is 25.0 Å². The van der Waals surface area contributed by atoms with Gasteiger partial charge in [-0.05, 0) is 56.0 Å². The monoisotopic (exact) mass is 377 g/mol. The third-order valence-corrected chi connectivity index (χ3v) is 5.42. The lowest BCUT2D eigenvalue weighted by Gasteiger charge is -2.32. The van der Waals surface area contributed by atoms with E-state index in [1.54, 1.807) is 0 Å². The lowest BCUT2D eigenvalue weighted by atomic mass is 9.93. The topological polar surface area (TPSA) is 73.1 Å². The lowest BCUT2D eigenvalue weighted by molar-refractivity contribution is 0.172. The number of nitrogens with zero attached hydrogens (tertiary/aromatic N) is 2. The molecule has 1 aromatic heterocycles. The Balaban J connectivity index is 1.15. The van der Waals surface area contributed by atoms with E-state index in [0.717, 1.165) is 37.1 Å². The summed E-state index contributed by atoms with van der Waals surface area (Å²) in [6.45, 7) is 3.98. The summed E-state index contributed by atoms with van der Waals surface area (Å²) in [6.07, 6.45) is 3.41. The quantitative estimate of drug-likeness (QED) is 0.608. The van der Waals surface area contributed by atoms with Gasteiger partial charge in [-0.3, -0.25) is 10.2 Å². The number of imidazole rings is 1. The van der Waals surface area contributed by atoms with Gasteiger partial charge in [0.2, 0.25) is 5.95 Å². The van der Waals surface area contributed by atoms with E-state index in [9.17, 15) is 4.79 Å². The van der Waals surface area contributed by atoms with E-state index in [2.05, 4.69) is 55.8 Å². The molecule has 0 spiro atoms. The summed E-state index contributed by atoms with van der Waals surface area (Å²) in [6, 6.07) is 18.2. The second-order valence-electron chi connectivity index (χ2n) is 7.48. The van der Waals surface area contributed by atoms with Gasteiger partial charge in [-0.1, -0.05) is 42.5 Å². The molecule has 1 fully saturated rings. The van der Waals surface area contributed by atoms with Crippen LogP contribution < -0.4 is 10.6 Å². The molecule has 0 aliphatic carbocycles. The molecule has 4 rings (SSSR count). The Bertz CT molecular complexity index is 866. The molecule has 2 aromatic carbocycles. The van der Waals surface area contributed by atoms with Crippen LogP contribution in [0.25, 0.3) is 11.0 Å². The minimum atomic E-state index is -0.208. The second kappa shape index (κ2) is 8.89. The zero-order valence-corrected chi connectivity index (χ0v) is 16.0. The van der Waals surface area contributed by atoms with Gasteiger partial charge in [0.15, 0.2) is 0 Å². The fourth-order valence-electron chi connectivity index (χ4n) is 3.83. The molecular weight excluding hydrogens is 350 g/mol. The molecule has 1 aliphatic rings. The van der Waals surface area contributed by atoms with Crippen LogP contribution in [0.15, 0.2) is 54.6 Å². The smallest absolute Gasteiger partial charge is 0.321 e. The molecule has 2 heterocycles. The van der Waals surface area contributed by atoms with Crippen molar-refractivity contribution in [1.82, 2.24) is 20.2 Å². The molecule has 6 heteroatoms. The highest BCUT2D eigenvalue weighted by molar-refractivity contribution is 5.89. The maximum absolute atomic E-state index is 12.1. The number of likely N-dealkylation sites (tertiary alicyclic amines) is 1. The number of benzene rings is 2. The van der Waals surface area contributed by atoms with Crippen LogP contribution >= 0.6 is 0 Å². The first-order valence-corrected chi connectivity index (χ1v) is 10.0. The van der Waals surface area contributed by atoms with Crippen LogP contribution in [0.5, 0.6) is 0 Å². The predicted molar refractivity (Wildman–Crippen MR) is 112 cm³/mol. The first kappa shape index (κ1) is 18.5. The number of hydrogen-bond acceptors (Lipinski definition) is 3. The average Bonchev–Trinajstić information content (AvgIpc) is 3.12. The van der Waals surface area contributed by atoms with Crippen LogP contribution in [0.1, 0.15) is 24.8 Å². The van der Waals surface area contributed by atoms with E-state index in [-0.39, 0.29) is 6.03 Å². The Morgan fingerprint density at radius 1 is 1.07 bits per heavy atom. The van der Waals surface area contributed by atoms with Crippen molar-refractivity contribution >= 4 is 23.0 Å². The van der Waals surface area contributed by atoms with Crippen molar-refractivity contribution in [3.63, 3.8) is 0 Å². The Labute approximate surface area is 165 Å². The molecule has 0 radical (unpaired) electrons. The third-order valence-electron chi connectivity index (χ3n) is 5.42. The minimum Gasteiger partial charge on any atom is -0.338 e. The molecular formula is C22H27N5O. The van der Waals surface area contributed by atoms with Gasteiger partial charge in [-0.15, -0.1) is 0 Å². The van der Waals surface area contributed by atoms with Gasteiger partial charge in [0.25, 0.3) is 0 Å². The number of carbonyl (C=O) groups excluding carboxylic acids is 1. The van der Waals surface area contributed by atoms with E-state index in [1.807, 2.05) is 24.3 Å².